The second-order valence-corrected chi connectivity index (χ2v) is 6.48. The molecule has 0 fully saturated rings. The van der Waals surface area contributed by atoms with Crippen molar-refractivity contribution in [2.45, 2.75) is 26.4 Å². The van der Waals surface area contributed by atoms with Gasteiger partial charge >= 0.3 is 0 Å². The third-order valence-corrected chi connectivity index (χ3v) is 4.38. The first-order valence-corrected chi connectivity index (χ1v) is 9.19. The molecule has 0 aliphatic carbocycles. The highest BCUT2D eigenvalue weighted by molar-refractivity contribution is 6.30. The zero-order chi connectivity index (χ0) is 19.1. The number of halogens is 1. The monoisotopic (exact) mass is 387 g/mol. The molecule has 2 heterocycles. The van der Waals surface area contributed by atoms with Crippen LogP contribution < -0.4 is 10.2 Å². The van der Waals surface area contributed by atoms with Gasteiger partial charge in [-0.3, -0.25) is 4.79 Å². The summed E-state index contributed by atoms with van der Waals surface area (Å²) in [5.41, 5.74) is 0.861. The van der Waals surface area contributed by atoms with E-state index in [1.165, 1.54) is 0 Å². The Hall–Kier alpha value is -2.80. The summed E-state index contributed by atoms with van der Waals surface area (Å²) in [6.07, 6.45) is 3.95. The van der Waals surface area contributed by atoms with Gasteiger partial charge in [0.1, 0.15) is 17.9 Å². The van der Waals surface area contributed by atoms with Crippen LogP contribution in [0.4, 0.5) is 5.69 Å². The third-order valence-electron chi connectivity index (χ3n) is 4.14. The van der Waals surface area contributed by atoms with Gasteiger partial charge in [0.25, 0.3) is 0 Å². The summed E-state index contributed by atoms with van der Waals surface area (Å²) >= 11 is 6.11. The van der Waals surface area contributed by atoms with Gasteiger partial charge in [-0.2, -0.15) is 0 Å². The maximum absolute atomic E-state index is 12.5. The van der Waals surface area contributed by atoms with Crippen LogP contribution >= 0.6 is 11.6 Å². The Labute approximate surface area is 162 Å². The second-order valence-electron chi connectivity index (χ2n) is 6.05. The fraction of sp³-hybridized carbons (Fsp3) is 0.316. The van der Waals surface area contributed by atoms with Crippen LogP contribution in [-0.2, 0) is 24.3 Å². The van der Waals surface area contributed by atoms with Gasteiger partial charge in [0.15, 0.2) is 0 Å². The molecule has 3 aromatic rings. The summed E-state index contributed by atoms with van der Waals surface area (Å²) in [7, 11) is 0. The summed E-state index contributed by atoms with van der Waals surface area (Å²) < 4.78 is 7.39. The van der Waals surface area contributed by atoms with E-state index in [-0.39, 0.29) is 12.5 Å². The molecular weight excluding hydrogens is 366 g/mol. The summed E-state index contributed by atoms with van der Waals surface area (Å²) in [6, 6.07) is 11.1. The highest BCUT2D eigenvalue weighted by Gasteiger charge is 2.14. The van der Waals surface area contributed by atoms with E-state index in [9.17, 15) is 4.79 Å². The van der Waals surface area contributed by atoms with Crippen LogP contribution in [0.1, 0.15) is 18.5 Å². The van der Waals surface area contributed by atoms with E-state index in [2.05, 4.69) is 15.5 Å². The fourth-order valence-corrected chi connectivity index (χ4v) is 2.97. The average molecular weight is 388 g/mol. The molecule has 3 rings (SSSR count). The van der Waals surface area contributed by atoms with E-state index in [4.69, 9.17) is 16.0 Å². The summed E-state index contributed by atoms with van der Waals surface area (Å²) in [5, 5.41) is 11.5. The Morgan fingerprint density at radius 2 is 2.22 bits per heavy atom. The van der Waals surface area contributed by atoms with Crippen molar-refractivity contribution in [1.82, 2.24) is 20.1 Å². The van der Waals surface area contributed by atoms with Crippen LogP contribution in [0, 0.1) is 0 Å². The maximum atomic E-state index is 12.5. The van der Waals surface area contributed by atoms with Crippen molar-refractivity contribution >= 4 is 23.2 Å². The lowest BCUT2D eigenvalue weighted by atomic mass is 10.2. The largest absolute Gasteiger partial charge is 0.467 e. The van der Waals surface area contributed by atoms with E-state index in [0.29, 0.717) is 24.5 Å². The van der Waals surface area contributed by atoms with Crippen LogP contribution in [0.15, 0.2) is 53.4 Å². The minimum Gasteiger partial charge on any atom is -0.467 e. The molecule has 8 heteroatoms. The topological polar surface area (TPSA) is 76.2 Å². The summed E-state index contributed by atoms with van der Waals surface area (Å²) in [5.74, 6) is 1.56. The van der Waals surface area contributed by atoms with Gasteiger partial charge < -0.3 is 19.2 Å². The van der Waals surface area contributed by atoms with Gasteiger partial charge in [-0.05, 0) is 37.3 Å². The fourth-order valence-electron chi connectivity index (χ4n) is 2.78. The first kappa shape index (κ1) is 19.0. The van der Waals surface area contributed by atoms with Gasteiger partial charge in [0.2, 0.25) is 5.91 Å². The normalized spacial score (nSPS) is 10.7. The lowest BCUT2D eigenvalue weighted by Crippen LogP contribution is -2.38. The van der Waals surface area contributed by atoms with Crippen molar-refractivity contribution in [3.8, 4) is 0 Å². The Balaban J connectivity index is 1.60. The minimum atomic E-state index is -0.0795. The average Bonchev–Trinajstić information content (AvgIpc) is 3.32. The van der Waals surface area contributed by atoms with Crippen molar-refractivity contribution in [1.29, 1.82) is 0 Å². The number of hydrogen-bond donors (Lipinski definition) is 1. The molecule has 0 saturated carbocycles. The zero-order valence-electron chi connectivity index (χ0n) is 15.1. The maximum Gasteiger partial charge on any atom is 0.239 e. The number of rotatable bonds is 9. The zero-order valence-corrected chi connectivity index (χ0v) is 15.9. The van der Waals surface area contributed by atoms with E-state index in [0.717, 1.165) is 23.8 Å². The molecular formula is C19H22ClN5O2. The van der Waals surface area contributed by atoms with E-state index in [1.54, 1.807) is 18.7 Å². The number of nitrogens with zero attached hydrogens (tertiary/aromatic N) is 4. The number of carbonyl (C=O) groups excluding carboxylic acids is 1. The van der Waals surface area contributed by atoms with Crippen molar-refractivity contribution in [3.05, 3.63) is 65.6 Å². The molecule has 0 unspecified atom stereocenters. The van der Waals surface area contributed by atoms with E-state index in [1.807, 2.05) is 46.7 Å². The van der Waals surface area contributed by atoms with Gasteiger partial charge in [-0.1, -0.05) is 17.7 Å². The van der Waals surface area contributed by atoms with E-state index >= 15 is 0 Å². The number of aryl methyl sites for hydroxylation is 1. The molecule has 0 atom stereocenters. The van der Waals surface area contributed by atoms with Crippen LogP contribution in [-0.4, -0.2) is 33.8 Å². The SMILES string of the molecule is CCn1cnnc1CCNC(=O)CN(Cc1ccco1)c1cccc(Cl)c1. The molecule has 2 aromatic heterocycles. The summed E-state index contributed by atoms with van der Waals surface area (Å²) in [6.45, 7) is 4.01. The molecule has 142 valence electrons. The van der Waals surface area contributed by atoms with Crippen molar-refractivity contribution in [2.24, 2.45) is 0 Å². The molecule has 7 nitrogen and oxygen atoms in total. The Bertz CT molecular complexity index is 863. The molecule has 0 aliphatic heterocycles. The third kappa shape index (κ3) is 5.34. The second kappa shape index (κ2) is 9.23. The number of carbonyl (C=O) groups is 1. The van der Waals surface area contributed by atoms with Gasteiger partial charge in [-0.25, -0.2) is 0 Å². The number of aromatic nitrogens is 3. The predicted octanol–water partition coefficient (Wildman–Crippen LogP) is 2.91. The number of furan rings is 1. The first-order valence-electron chi connectivity index (χ1n) is 8.82. The molecule has 1 amide bonds. The quantitative estimate of drug-likeness (QED) is 0.611. The Morgan fingerprint density at radius 1 is 1.33 bits per heavy atom. The first-order chi connectivity index (χ1) is 13.2. The lowest BCUT2D eigenvalue weighted by Gasteiger charge is -2.23. The standard InChI is InChI=1S/C19H22ClN5O2/c1-2-24-14-22-23-18(24)8-9-21-19(26)13-25(12-17-7-4-10-27-17)16-6-3-5-15(20)11-16/h3-7,10-11,14H,2,8-9,12-13H2,1H3,(H,21,26). The lowest BCUT2D eigenvalue weighted by molar-refractivity contribution is -0.119. The Morgan fingerprint density at radius 3 is 2.96 bits per heavy atom. The molecule has 1 N–H and O–H groups in total. The van der Waals surface area contributed by atoms with Crippen molar-refractivity contribution in [2.75, 3.05) is 18.0 Å². The predicted molar refractivity (Wildman–Crippen MR) is 104 cm³/mol. The van der Waals surface area contributed by atoms with Crippen molar-refractivity contribution in [3.63, 3.8) is 0 Å². The summed E-state index contributed by atoms with van der Waals surface area (Å²) in [4.78, 5) is 14.4. The number of nitrogens with one attached hydrogen (secondary N) is 1. The molecule has 0 saturated heterocycles. The van der Waals surface area contributed by atoms with Crippen LogP contribution in [0.2, 0.25) is 5.02 Å². The number of anilines is 1. The number of hydrogen-bond acceptors (Lipinski definition) is 5. The molecule has 0 bridgehead atoms. The molecule has 1 aromatic carbocycles. The number of amides is 1. The molecule has 0 spiro atoms. The van der Waals surface area contributed by atoms with Gasteiger partial charge in [-0.15, -0.1) is 10.2 Å². The van der Waals surface area contributed by atoms with E-state index < -0.39 is 0 Å². The van der Waals surface area contributed by atoms with Crippen LogP contribution in [0.25, 0.3) is 0 Å². The highest BCUT2D eigenvalue weighted by atomic mass is 35.5. The minimum absolute atomic E-state index is 0.0795. The molecule has 27 heavy (non-hydrogen) atoms. The highest BCUT2D eigenvalue weighted by Crippen LogP contribution is 2.21. The van der Waals surface area contributed by atoms with Crippen molar-refractivity contribution < 1.29 is 9.21 Å². The molecule has 0 aliphatic rings. The molecule has 0 radical (unpaired) electrons. The Kier molecular flexibility index (Phi) is 6.49. The smallest absolute Gasteiger partial charge is 0.239 e. The van der Waals surface area contributed by atoms with Gasteiger partial charge in [0, 0.05) is 30.2 Å². The number of benzene rings is 1. The van der Waals surface area contributed by atoms with Crippen LogP contribution in [0.3, 0.4) is 0 Å². The van der Waals surface area contributed by atoms with Crippen LogP contribution in [0.5, 0.6) is 0 Å². The van der Waals surface area contributed by atoms with Gasteiger partial charge in [0.05, 0.1) is 19.4 Å².